The number of carbonyl (C=O) groups excluding carboxylic acids is 1. The molecule has 0 aromatic heterocycles. The lowest BCUT2D eigenvalue weighted by atomic mass is 10.2. The molecule has 1 unspecified atom stereocenters. The highest BCUT2D eigenvalue weighted by Crippen LogP contribution is 2.24. The van der Waals surface area contributed by atoms with Crippen LogP contribution in [0.5, 0.6) is 5.75 Å². The molecule has 90 valence electrons. The molecule has 0 saturated heterocycles. The SMILES string of the molecule is CCC(C#N)Oc1cc(C(=O)OC)ccc1N. The maximum absolute atomic E-state index is 11.3. The molecule has 1 aromatic carbocycles. The Morgan fingerprint density at radius 2 is 2.29 bits per heavy atom. The molecule has 5 nitrogen and oxygen atoms in total. The van der Waals surface area contributed by atoms with E-state index in [1.54, 1.807) is 12.1 Å². The fourth-order valence-corrected chi connectivity index (χ4v) is 1.24. The normalized spacial score (nSPS) is 11.4. The van der Waals surface area contributed by atoms with E-state index in [-0.39, 0.29) is 0 Å². The van der Waals surface area contributed by atoms with Crippen molar-refractivity contribution in [3.05, 3.63) is 23.8 Å². The number of rotatable bonds is 4. The van der Waals surface area contributed by atoms with Gasteiger partial charge in [-0.3, -0.25) is 0 Å². The second-order valence-corrected chi connectivity index (χ2v) is 3.39. The van der Waals surface area contributed by atoms with Gasteiger partial charge in [-0.1, -0.05) is 6.92 Å². The summed E-state index contributed by atoms with van der Waals surface area (Å²) in [6.07, 6.45) is -0.0385. The van der Waals surface area contributed by atoms with Crippen molar-refractivity contribution in [1.29, 1.82) is 5.26 Å². The zero-order chi connectivity index (χ0) is 12.8. The Labute approximate surface area is 99.7 Å². The Kier molecular flexibility index (Phi) is 4.35. The lowest BCUT2D eigenvalue weighted by Crippen LogP contribution is -2.14. The molecule has 0 aliphatic rings. The quantitative estimate of drug-likeness (QED) is 0.633. The number of nitrogens with zero attached hydrogens (tertiary/aromatic N) is 1. The summed E-state index contributed by atoms with van der Waals surface area (Å²) in [5.74, 6) is -0.152. The topological polar surface area (TPSA) is 85.3 Å². The van der Waals surface area contributed by atoms with Gasteiger partial charge in [-0.25, -0.2) is 4.79 Å². The van der Waals surface area contributed by atoms with Crippen LogP contribution in [0.2, 0.25) is 0 Å². The Bertz CT molecular complexity index is 452. The maximum Gasteiger partial charge on any atom is 0.337 e. The van der Waals surface area contributed by atoms with Gasteiger partial charge in [-0.05, 0) is 24.6 Å². The molecular weight excluding hydrogens is 220 g/mol. The van der Waals surface area contributed by atoms with E-state index < -0.39 is 12.1 Å². The molecule has 0 amide bonds. The molecule has 17 heavy (non-hydrogen) atoms. The lowest BCUT2D eigenvalue weighted by molar-refractivity contribution is 0.0600. The Hall–Kier alpha value is -2.22. The molecular formula is C12H14N2O3. The molecule has 0 radical (unpaired) electrons. The predicted molar refractivity (Wildman–Crippen MR) is 62.5 cm³/mol. The summed E-state index contributed by atoms with van der Waals surface area (Å²) in [6, 6.07) is 6.56. The first kappa shape index (κ1) is 12.8. The van der Waals surface area contributed by atoms with E-state index in [0.717, 1.165) is 0 Å². The minimum absolute atomic E-state index is 0.321. The van der Waals surface area contributed by atoms with Gasteiger partial charge in [0.25, 0.3) is 0 Å². The van der Waals surface area contributed by atoms with Gasteiger partial charge in [0.1, 0.15) is 11.8 Å². The molecule has 0 spiro atoms. The van der Waals surface area contributed by atoms with Gasteiger partial charge in [-0.2, -0.15) is 5.26 Å². The van der Waals surface area contributed by atoms with Crippen LogP contribution in [0.1, 0.15) is 23.7 Å². The second kappa shape index (κ2) is 5.75. The van der Waals surface area contributed by atoms with Crippen molar-refractivity contribution < 1.29 is 14.3 Å². The number of carbonyl (C=O) groups is 1. The molecule has 0 heterocycles. The van der Waals surface area contributed by atoms with E-state index in [0.29, 0.717) is 23.4 Å². The average Bonchev–Trinajstić information content (AvgIpc) is 2.36. The van der Waals surface area contributed by atoms with Crippen LogP contribution < -0.4 is 10.5 Å². The highest BCUT2D eigenvalue weighted by atomic mass is 16.5. The van der Waals surface area contributed by atoms with Crippen molar-refractivity contribution in [3.8, 4) is 11.8 Å². The Morgan fingerprint density at radius 3 is 2.82 bits per heavy atom. The summed E-state index contributed by atoms with van der Waals surface area (Å²) in [6.45, 7) is 1.83. The molecule has 1 atom stereocenters. The Morgan fingerprint density at radius 1 is 1.59 bits per heavy atom. The van der Waals surface area contributed by atoms with Gasteiger partial charge in [0, 0.05) is 0 Å². The third kappa shape index (κ3) is 3.11. The predicted octanol–water partition coefficient (Wildman–Crippen LogP) is 1.74. The number of hydrogen-bond acceptors (Lipinski definition) is 5. The number of nitrogen functional groups attached to an aromatic ring is 1. The van der Waals surface area contributed by atoms with Gasteiger partial charge >= 0.3 is 5.97 Å². The summed E-state index contributed by atoms with van der Waals surface area (Å²) in [5.41, 5.74) is 6.42. The molecule has 0 aliphatic carbocycles. The minimum atomic E-state index is -0.579. The maximum atomic E-state index is 11.3. The van der Waals surface area contributed by atoms with Gasteiger partial charge in [0.2, 0.25) is 0 Å². The molecule has 1 rings (SSSR count). The molecule has 0 saturated carbocycles. The van der Waals surface area contributed by atoms with Crippen molar-refractivity contribution in [2.45, 2.75) is 19.4 Å². The fraction of sp³-hybridized carbons (Fsp3) is 0.333. The first-order valence-corrected chi connectivity index (χ1v) is 5.16. The minimum Gasteiger partial charge on any atom is -0.473 e. The second-order valence-electron chi connectivity index (χ2n) is 3.39. The number of anilines is 1. The first-order chi connectivity index (χ1) is 8.12. The number of nitriles is 1. The van der Waals surface area contributed by atoms with Crippen LogP contribution in [0.4, 0.5) is 5.69 Å². The van der Waals surface area contributed by atoms with Crippen LogP contribution in [0.15, 0.2) is 18.2 Å². The number of benzene rings is 1. The highest BCUT2D eigenvalue weighted by molar-refractivity contribution is 5.90. The van der Waals surface area contributed by atoms with E-state index >= 15 is 0 Å². The zero-order valence-corrected chi connectivity index (χ0v) is 9.77. The molecule has 2 N–H and O–H groups in total. The molecule has 1 aromatic rings. The summed E-state index contributed by atoms with van der Waals surface area (Å²) in [4.78, 5) is 11.3. The van der Waals surface area contributed by atoms with Crippen molar-refractivity contribution in [2.75, 3.05) is 12.8 Å². The fourth-order valence-electron chi connectivity index (χ4n) is 1.24. The van der Waals surface area contributed by atoms with Crippen molar-refractivity contribution in [3.63, 3.8) is 0 Å². The average molecular weight is 234 g/mol. The standard InChI is InChI=1S/C12H14N2O3/c1-3-9(7-13)17-11-6-8(12(15)16-2)4-5-10(11)14/h4-6,9H,3,14H2,1-2H3. The molecule has 0 bridgehead atoms. The van der Waals surface area contributed by atoms with E-state index in [9.17, 15) is 4.79 Å². The number of nitrogens with two attached hydrogens (primary N) is 1. The van der Waals surface area contributed by atoms with E-state index in [4.69, 9.17) is 15.7 Å². The van der Waals surface area contributed by atoms with Crippen LogP contribution in [-0.4, -0.2) is 19.2 Å². The number of ether oxygens (including phenoxy) is 2. The van der Waals surface area contributed by atoms with Crippen molar-refractivity contribution in [2.24, 2.45) is 0 Å². The van der Waals surface area contributed by atoms with Crippen LogP contribution in [0.25, 0.3) is 0 Å². The van der Waals surface area contributed by atoms with Gasteiger partial charge < -0.3 is 15.2 Å². The summed E-state index contributed by atoms with van der Waals surface area (Å²) >= 11 is 0. The van der Waals surface area contributed by atoms with E-state index in [1.165, 1.54) is 13.2 Å². The zero-order valence-electron chi connectivity index (χ0n) is 9.77. The van der Waals surface area contributed by atoms with Gasteiger partial charge in [0.15, 0.2) is 6.10 Å². The Balaban J connectivity index is 2.99. The van der Waals surface area contributed by atoms with E-state index in [1.807, 2.05) is 13.0 Å². The largest absolute Gasteiger partial charge is 0.473 e. The number of hydrogen-bond donors (Lipinski definition) is 1. The van der Waals surface area contributed by atoms with Crippen LogP contribution in [-0.2, 0) is 4.74 Å². The van der Waals surface area contributed by atoms with Crippen LogP contribution in [0, 0.1) is 11.3 Å². The smallest absolute Gasteiger partial charge is 0.337 e. The molecule has 5 heteroatoms. The van der Waals surface area contributed by atoms with Crippen molar-refractivity contribution >= 4 is 11.7 Å². The number of esters is 1. The van der Waals surface area contributed by atoms with Crippen molar-refractivity contribution in [1.82, 2.24) is 0 Å². The molecule has 0 fully saturated rings. The van der Waals surface area contributed by atoms with Gasteiger partial charge in [-0.15, -0.1) is 0 Å². The number of methoxy groups -OCH3 is 1. The summed E-state index contributed by atoms with van der Waals surface area (Å²) in [5, 5.41) is 8.80. The first-order valence-electron chi connectivity index (χ1n) is 5.16. The third-order valence-corrected chi connectivity index (χ3v) is 2.22. The van der Waals surface area contributed by atoms with Crippen LogP contribution >= 0.6 is 0 Å². The third-order valence-electron chi connectivity index (χ3n) is 2.22. The lowest BCUT2D eigenvalue weighted by Gasteiger charge is -2.13. The highest BCUT2D eigenvalue weighted by Gasteiger charge is 2.12. The monoisotopic (exact) mass is 234 g/mol. The van der Waals surface area contributed by atoms with Gasteiger partial charge in [0.05, 0.1) is 18.4 Å². The van der Waals surface area contributed by atoms with E-state index in [2.05, 4.69) is 4.74 Å². The van der Waals surface area contributed by atoms with Crippen LogP contribution in [0.3, 0.4) is 0 Å². The molecule has 0 aliphatic heterocycles. The summed E-state index contributed by atoms with van der Waals surface area (Å²) < 4.78 is 9.97. The summed E-state index contributed by atoms with van der Waals surface area (Å²) in [7, 11) is 1.29.